The molecule has 0 aromatic heterocycles. The molecule has 0 aliphatic rings. The standard InChI is InChI=1S/C8H5F4NO.2ClH/c9-5-3-1-2-4(8(10,11)12)6(5)7(13)14;;/h1-3H,(H2,13,14);2*1H. The molecular weight excluding hydrogens is 273 g/mol. The molecule has 0 saturated heterocycles. The molecule has 0 saturated carbocycles. The molecule has 2 N–H and O–H groups in total. The number of carbonyl (C=O) groups excluding carboxylic acids is 1. The Balaban J connectivity index is 0. The zero-order valence-corrected chi connectivity index (χ0v) is 9.18. The first kappa shape index (κ1) is 17.4. The second-order valence-electron chi connectivity index (χ2n) is 2.52. The van der Waals surface area contributed by atoms with Crippen LogP contribution in [0.15, 0.2) is 18.2 Å². The maximum atomic E-state index is 12.8. The van der Waals surface area contributed by atoms with Gasteiger partial charge in [-0.05, 0) is 12.1 Å². The van der Waals surface area contributed by atoms with Crippen molar-refractivity contribution in [3.8, 4) is 0 Å². The summed E-state index contributed by atoms with van der Waals surface area (Å²) >= 11 is 0. The van der Waals surface area contributed by atoms with Crippen LogP contribution in [0.1, 0.15) is 15.9 Å². The molecule has 0 spiro atoms. The van der Waals surface area contributed by atoms with Gasteiger partial charge in [-0.15, -0.1) is 24.8 Å². The summed E-state index contributed by atoms with van der Waals surface area (Å²) in [6, 6.07) is 2.21. The third-order valence-electron chi connectivity index (χ3n) is 1.57. The molecule has 1 rings (SSSR count). The number of carbonyl (C=O) groups is 1. The molecule has 0 radical (unpaired) electrons. The average Bonchev–Trinajstić information content (AvgIpc) is 2.01. The van der Waals surface area contributed by atoms with E-state index >= 15 is 0 Å². The monoisotopic (exact) mass is 279 g/mol. The topological polar surface area (TPSA) is 43.1 Å². The van der Waals surface area contributed by atoms with Gasteiger partial charge in [-0.3, -0.25) is 4.79 Å². The molecule has 0 fully saturated rings. The van der Waals surface area contributed by atoms with Gasteiger partial charge >= 0.3 is 6.18 Å². The van der Waals surface area contributed by atoms with E-state index in [1.54, 1.807) is 0 Å². The Morgan fingerprint density at radius 1 is 1.19 bits per heavy atom. The van der Waals surface area contributed by atoms with Crippen molar-refractivity contribution in [3.63, 3.8) is 0 Å². The van der Waals surface area contributed by atoms with Crippen molar-refractivity contribution in [1.82, 2.24) is 0 Å². The van der Waals surface area contributed by atoms with Crippen LogP contribution in [0.3, 0.4) is 0 Å². The maximum absolute atomic E-state index is 12.8. The summed E-state index contributed by atoms with van der Waals surface area (Å²) in [5.74, 6) is -2.71. The number of hydrogen-bond acceptors (Lipinski definition) is 1. The summed E-state index contributed by atoms with van der Waals surface area (Å²) in [5.41, 5.74) is 2.15. The minimum atomic E-state index is -4.79. The highest BCUT2D eigenvalue weighted by Crippen LogP contribution is 2.32. The van der Waals surface area contributed by atoms with Crippen LogP contribution in [0.5, 0.6) is 0 Å². The molecule has 92 valence electrons. The molecule has 0 heterocycles. The van der Waals surface area contributed by atoms with Crippen LogP contribution in [0.2, 0.25) is 0 Å². The summed E-state index contributed by atoms with van der Waals surface area (Å²) in [6.45, 7) is 0. The molecule has 1 amide bonds. The van der Waals surface area contributed by atoms with Gasteiger partial charge in [-0.2, -0.15) is 13.2 Å². The molecular formula is C8H7Cl2F4NO. The molecule has 0 aliphatic heterocycles. The van der Waals surface area contributed by atoms with Crippen LogP contribution in [0.25, 0.3) is 0 Å². The summed E-state index contributed by atoms with van der Waals surface area (Å²) in [5, 5.41) is 0. The Morgan fingerprint density at radius 3 is 2.00 bits per heavy atom. The number of rotatable bonds is 1. The largest absolute Gasteiger partial charge is 0.417 e. The van der Waals surface area contributed by atoms with Gasteiger partial charge in [0, 0.05) is 0 Å². The Morgan fingerprint density at radius 2 is 1.69 bits per heavy atom. The van der Waals surface area contributed by atoms with E-state index in [4.69, 9.17) is 0 Å². The number of amides is 1. The predicted molar refractivity (Wildman–Crippen MR) is 54.4 cm³/mol. The molecule has 1 aromatic rings. The van der Waals surface area contributed by atoms with E-state index in [1.807, 2.05) is 0 Å². The summed E-state index contributed by atoms with van der Waals surface area (Å²) in [7, 11) is 0. The SMILES string of the molecule is Cl.Cl.NC(=O)c1c(F)cccc1C(F)(F)F. The normalized spacial score (nSPS) is 10.0. The van der Waals surface area contributed by atoms with Crippen LogP contribution >= 0.6 is 24.8 Å². The average molecular weight is 280 g/mol. The molecule has 0 aliphatic carbocycles. The minimum Gasteiger partial charge on any atom is -0.365 e. The first-order valence-corrected chi connectivity index (χ1v) is 3.49. The van der Waals surface area contributed by atoms with Gasteiger partial charge in [0.05, 0.1) is 11.1 Å². The number of benzene rings is 1. The van der Waals surface area contributed by atoms with Gasteiger partial charge < -0.3 is 5.73 Å². The summed E-state index contributed by atoms with van der Waals surface area (Å²) in [4.78, 5) is 10.6. The predicted octanol–water partition coefficient (Wildman–Crippen LogP) is 2.79. The lowest BCUT2D eigenvalue weighted by molar-refractivity contribution is -0.138. The van der Waals surface area contributed by atoms with Crippen LogP contribution < -0.4 is 5.73 Å². The first-order valence-electron chi connectivity index (χ1n) is 3.49. The molecule has 0 bridgehead atoms. The van der Waals surface area contributed by atoms with E-state index in [1.165, 1.54) is 0 Å². The Kier molecular flexibility index (Phi) is 6.42. The lowest BCUT2D eigenvalue weighted by Crippen LogP contribution is -2.20. The van der Waals surface area contributed by atoms with Crippen LogP contribution in [-0.4, -0.2) is 5.91 Å². The van der Waals surface area contributed by atoms with Crippen molar-refractivity contribution in [1.29, 1.82) is 0 Å². The van der Waals surface area contributed by atoms with Gasteiger partial charge in [0.25, 0.3) is 5.91 Å². The van der Waals surface area contributed by atoms with Crippen molar-refractivity contribution in [2.24, 2.45) is 5.73 Å². The van der Waals surface area contributed by atoms with Gasteiger partial charge in [0.1, 0.15) is 5.82 Å². The van der Waals surface area contributed by atoms with Crippen molar-refractivity contribution in [3.05, 3.63) is 35.1 Å². The van der Waals surface area contributed by atoms with E-state index < -0.39 is 29.0 Å². The zero-order chi connectivity index (χ0) is 10.9. The lowest BCUT2D eigenvalue weighted by atomic mass is 10.1. The molecule has 8 heteroatoms. The summed E-state index contributed by atoms with van der Waals surface area (Å²) in [6.07, 6.45) is -4.79. The van der Waals surface area contributed by atoms with E-state index in [9.17, 15) is 22.4 Å². The van der Waals surface area contributed by atoms with Gasteiger partial charge in [-0.1, -0.05) is 6.07 Å². The van der Waals surface area contributed by atoms with Gasteiger partial charge in [0.15, 0.2) is 0 Å². The summed E-state index contributed by atoms with van der Waals surface area (Å²) < 4.78 is 49.5. The third kappa shape index (κ3) is 3.53. The van der Waals surface area contributed by atoms with Crippen molar-refractivity contribution in [2.75, 3.05) is 0 Å². The highest BCUT2D eigenvalue weighted by molar-refractivity contribution is 5.94. The number of hydrogen-bond donors (Lipinski definition) is 1. The Hall–Kier alpha value is -1.01. The molecule has 0 unspecified atom stereocenters. The number of halogens is 6. The lowest BCUT2D eigenvalue weighted by Gasteiger charge is -2.10. The van der Waals surface area contributed by atoms with Crippen molar-refractivity contribution < 1.29 is 22.4 Å². The Bertz CT molecular complexity index is 381. The maximum Gasteiger partial charge on any atom is 0.417 e. The second-order valence-corrected chi connectivity index (χ2v) is 2.52. The zero-order valence-electron chi connectivity index (χ0n) is 7.55. The van der Waals surface area contributed by atoms with Gasteiger partial charge in [-0.25, -0.2) is 4.39 Å². The van der Waals surface area contributed by atoms with E-state index in [0.29, 0.717) is 6.07 Å². The van der Waals surface area contributed by atoms with Crippen LogP contribution in [0, 0.1) is 5.82 Å². The first-order chi connectivity index (χ1) is 6.34. The van der Waals surface area contributed by atoms with Crippen LogP contribution in [-0.2, 0) is 6.18 Å². The third-order valence-corrected chi connectivity index (χ3v) is 1.57. The smallest absolute Gasteiger partial charge is 0.365 e. The van der Waals surface area contributed by atoms with Crippen LogP contribution in [0.4, 0.5) is 17.6 Å². The fraction of sp³-hybridized carbons (Fsp3) is 0.125. The van der Waals surface area contributed by atoms with E-state index in [2.05, 4.69) is 5.73 Å². The second kappa shape index (κ2) is 5.91. The van der Waals surface area contributed by atoms with E-state index in [-0.39, 0.29) is 24.8 Å². The molecule has 2 nitrogen and oxygen atoms in total. The number of nitrogens with two attached hydrogens (primary N) is 1. The fourth-order valence-corrected chi connectivity index (χ4v) is 1.01. The van der Waals surface area contributed by atoms with Crippen molar-refractivity contribution in [2.45, 2.75) is 6.18 Å². The van der Waals surface area contributed by atoms with Crippen molar-refractivity contribution >= 4 is 30.7 Å². The quantitative estimate of drug-likeness (QED) is 0.790. The molecule has 1 aromatic carbocycles. The fourth-order valence-electron chi connectivity index (χ4n) is 1.01. The minimum absolute atomic E-state index is 0. The Labute approximate surface area is 101 Å². The highest BCUT2D eigenvalue weighted by Gasteiger charge is 2.36. The van der Waals surface area contributed by atoms with Gasteiger partial charge in [0.2, 0.25) is 0 Å². The molecule has 16 heavy (non-hydrogen) atoms. The van der Waals surface area contributed by atoms with E-state index in [0.717, 1.165) is 12.1 Å². The highest BCUT2D eigenvalue weighted by atomic mass is 35.5. The molecule has 0 atom stereocenters. The number of alkyl halides is 3. The number of primary amides is 1.